The summed E-state index contributed by atoms with van der Waals surface area (Å²) in [6.45, 7) is 17.6. The van der Waals surface area contributed by atoms with Crippen LogP contribution in [0.5, 0.6) is 0 Å². The SMILES string of the molecule is C=C\C=C/C=C(\C=C\C)C(=C)N(C)C.CC.CC. The predicted octanol–water partition coefficient (Wildman–Crippen LogP) is 5.36. The van der Waals surface area contributed by atoms with Crippen LogP contribution in [0.25, 0.3) is 0 Å². The summed E-state index contributed by atoms with van der Waals surface area (Å²) < 4.78 is 0. The minimum atomic E-state index is 0.997. The van der Waals surface area contributed by atoms with Gasteiger partial charge in [-0.15, -0.1) is 0 Å². The molecular formula is C17H31N. The van der Waals surface area contributed by atoms with Gasteiger partial charge < -0.3 is 4.90 Å². The molecule has 0 aliphatic carbocycles. The first kappa shape index (κ1) is 21.8. The minimum absolute atomic E-state index is 0.997. The van der Waals surface area contributed by atoms with Gasteiger partial charge in [-0.3, -0.25) is 0 Å². The van der Waals surface area contributed by atoms with Gasteiger partial charge in [0.05, 0.1) is 0 Å². The van der Waals surface area contributed by atoms with Gasteiger partial charge in [0, 0.05) is 19.8 Å². The van der Waals surface area contributed by atoms with E-state index in [-0.39, 0.29) is 0 Å². The summed E-state index contributed by atoms with van der Waals surface area (Å²) in [5, 5.41) is 0. The highest BCUT2D eigenvalue weighted by Crippen LogP contribution is 2.11. The van der Waals surface area contributed by atoms with E-state index in [1.807, 2.05) is 84.0 Å². The van der Waals surface area contributed by atoms with Crippen LogP contribution in [0.1, 0.15) is 34.6 Å². The molecule has 18 heavy (non-hydrogen) atoms. The minimum Gasteiger partial charge on any atom is -0.378 e. The van der Waals surface area contributed by atoms with E-state index in [4.69, 9.17) is 0 Å². The highest BCUT2D eigenvalue weighted by Gasteiger charge is 1.98. The molecule has 0 saturated heterocycles. The lowest BCUT2D eigenvalue weighted by Crippen LogP contribution is -2.10. The molecule has 0 aromatic heterocycles. The van der Waals surface area contributed by atoms with Crippen LogP contribution in [0.3, 0.4) is 0 Å². The topological polar surface area (TPSA) is 3.24 Å². The van der Waals surface area contributed by atoms with E-state index in [1.165, 1.54) is 0 Å². The summed E-state index contributed by atoms with van der Waals surface area (Å²) in [5.41, 5.74) is 2.10. The van der Waals surface area contributed by atoms with E-state index in [2.05, 4.69) is 13.2 Å². The van der Waals surface area contributed by atoms with Gasteiger partial charge in [-0.25, -0.2) is 0 Å². The molecule has 0 N–H and O–H groups in total. The second-order valence-electron chi connectivity index (χ2n) is 3.08. The third kappa shape index (κ3) is 12.6. The largest absolute Gasteiger partial charge is 0.378 e. The van der Waals surface area contributed by atoms with Gasteiger partial charge in [0.1, 0.15) is 0 Å². The Balaban J connectivity index is -0.000000506. The van der Waals surface area contributed by atoms with Crippen molar-refractivity contribution in [1.29, 1.82) is 0 Å². The molecule has 0 aromatic rings. The Bertz CT molecular complexity index is 278. The van der Waals surface area contributed by atoms with Gasteiger partial charge in [0.25, 0.3) is 0 Å². The van der Waals surface area contributed by atoms with Gasteiger partial charge >= 0.3 is 0 Å². The summed E-state index contributed by atoms with van der Waals surface area (Å²) in [6, 6.07) is 0. The van der Waals surface area contributed by atoms with Crippen molar-refractivity contribution in [2.45, 2.75) is 34.6 Å². The maximum Gasteiger partial charge on any atom is 0.0361 e. The molecule has 0 heterocycles. The van der Waals surface area contributed by atoms with E-state index in [0.29, 0.717) is 0 Å². The van der Waals surface area contributed by atoms with Crippen LogP contribution < -0.4 is 0 Å². The molecule has 104 valence electrons. The number of likely N-dealkylation sites (N-methyl/N-ethyl adjacent to an activating group) is 1. The standard InChI is InChI=1S/C13H19N.2C2H6/c1-6-8-9-11-13(10-7-2)12(3)14(4)5;2*1-2/h6-11H,1,3H2,2,4-5H3;2*1-2H3/b9-8-,10-7+,13-11+;;. The zero-order chi connectivity index (χ0) is 15.0. The van der Waals surface area contributed by atoms with Crippen molar-refractivity contribution >= 4 is 0 Å². The Kier molecular flexibility index (Phi) is 21.6. The normalized spacial score (nSPS) is 10.3. The second-order valence-corrected chi connectivity index (χ2v) is 3.08. The Hall–Kier alpha value is -1.50. The number of rotatable bonds is 5. The predicted molar refractivity (Wildman–Crippen MR) is 87.8 cm³/mol. The first-order valence-corrected chi connectivity index (χ1v) is 6.62. The molecule has 0 unspecified atom stereocenters. The van der Waals surface area contributed by atoms with Gasteiger partial charge in [0.15, 0.2) is 0 Å². The Morgan fingerprint density at radius 1 is 1.00 bits per heavy atom. The van der Waals surface area contributed by atoms with Crippen LogP contribution in [0.4, 0.5) is 0 Å². The van der Waals surface area contributed by atoms with Crippen molar-refractivity contribution in [2.24, 2.45) is 0 Å². The van der Waals surface area contributed by atoms with Crippen molar-refractivity contribution in [3.63, 3.8) is 0 Å². The second kappa shape index (κ2) is 17.9. The lowest BCUT2D eigenvalue weighted by molar-refractivity contribution is 0.527. The molecule has 0 spiro atoms. The summed E-state index contributed by atoms with van der Waals surface area (Å²) in [7, 11) is 3.97. The van der Waals surface area contributed by atoms with Crippen molar-refractivity contribution in [1.82, 2.24) is 4.90 Å². The van der Waals surface area contributed by atoms with E-state index >= 15 is 0 Å². The van der Waals surface area contributed by atoms with E-state index < -0.39 is 0 Å². The number of hydrogen-bond donors (Lipinski definition) is 0. The monoisotopic (exact) mass is 249 g/mol. The average Bonchev–Trinajstić information content (AvgIpc) is 2.41. The third-order valence-electron chi connectivity index (χ3n) is 1.74. The fourth-order valence-electron chi connectivity index (χ4n) is 0.923. The molecule has 0 fully saturated rings. The summed E-state index contributed by atoms with van der Waals surface area (Å²) in [4.78, 5) is 1.99. The molecule has 0 atom stereocenters. The molecule has 0 aromatic carbocycles. The van der Waals surface area contributed by atoms with Crippen molar-refractivity contribution < 1.29 is 0 Å². The highest BCUT2D eigenvalue weighted by atomic mass is 15.1. The number of hydrogen-bond acceptors (Lipinski definition) is 1. The molecule has 1 heteroatoms. The molecule has 0 bridgehead atoms. The first-order valence-electron chi connectivity index (χ1n) is 6.62. The molecule has 0 aliphatic heterocycles. The van der Waals surface area contributed by atoms with Crippen molar-refractivity contribution in [3.8, 4) is 0 Å². The first-order chi connectivity index (χ1) is 8.63. The smallest absolute Gasteiger partial charge is 0.0361 e. The molecule has 0 saturated carbocycles. The summed E-state index contributed by atoms with van der Waals surface area (Å²) in [6.07, 6.45) is 11.7. The van der Waals surface area contributed by atoms with Crippen molar-refractivity contribution in [3.05, 3.63) is 60.9 Å². The van der Waals surface area contributed by atoms with E-state index in [1.54, 1.807) is 6.08 Å². The third-order valence-corrected chi connectivity index (χ3v) is 1.74. The lowest BCUT2D eigenvalue weighted by Gasteiger charge is -2.16. The zero-order valence-corrected chi connectivity index (χ0v) is 13.3. The van der Waals surface area contributed by atoms with Gasteiger partial charge in [-0.05, 0) is 12.5 Å². The van der Waals surface area contributed by atoms with E-state index in [9.17, 15) is 0 Å². The fraction of sp³-hybridized carbons (Fsp3) is 0.412. The van der Waals surface area contributed by atoms with Crippen molar-refractivity contribution in [2.75, 3.05) is 14.1 Å². The van der Waals surface area contributed by atoms with Crippen LogP contribution in [0.2, 0.25) is 0 Å². The van der Waals surface area contributed by atoms with Crippen LogP contribution in [0, 0.1) is 0 Å². The highest BCUT2D eigenvalue weighted by molar-refractivity contribution is 5.39. The van der Waals surface area contributed by atoms with Gasteiger partial charge in [-0.2, -0.15) is 0 Å². The molecule has 0 amide bonds. The lowest BCUT2D eigenvalue weighted by atomic mass is 10.1. The van der Waals surface area contributed by atoms with Crippen LogP contribution in [-0.4, -0.2) is 19.0 Å². The maximum absolute atomic E-state index is 4.00. The average molecular weight is 249 g/mol. The van der Waals surface area contributed by atoms with Crippen LogP contribution in [0.15, 0.2) is 60.9 Å². The Morgan fingerprint density at radius 2 is 1.50 bits per heavy atom. The summed E-state index contributed by atoms with van der Waals surface area (Å²) in [5.74, 6) is 0. The zero-order valence-electron chi connectivity index (χ0n) is 13.3. The molecule has 0 radical (unpaired) electrons. The van der Waals surface area contributed by atoms with Crippen LogP contribution >= 0.6 is 0 Å². The van der Waals surface area contributed by atoms with Gasteiger partial charge in [0.2, 0.25) is 0 Å². The van der Waals surface area contributed by atoms with Crippen LogP contribution in [-0.2, 0) is 0 Å². The number of allylic oxidation sites excluding steroid dienone is 6. The molecular weight excluding hydrogens is 218 g/mol. The molecule has 0 rings (SSSR count). The quantitative estimate of drug-likeness (QED) is 0.593. The maximum atomic E-state index is 4.00. The number of nitrogens with zero attached hydrogens (tertiary/aromatic N) is 1. The molecule has 1 nitrogen and oxygen atoms in total. The van der Waals surface area contributed by atoms with Gasteiger partial charge in [-0.1, -0.05) is 77.3 Å². The summed E-state index contributed by atoms with van der Waals surface area (Å²) >= 11 is 0. The fourth-order valence-corrected chi connectivity index (χ4v) is 0.923. The Labute approximate surface area is 115 Å². The molecule has 0 aliphatic rings. The van der Waals surface area contributed by atoms with E-state index in [0.717, 1.165) is 11.3 Å². The Morgan fingerprint density at radius 3 is 1.83 bits per heavy atom.